The van der Waals surface area contributed by atoms with Crippen LogP contribution in [0.15, 0.2) is 48.7 Å². The average molecular weight is 351 g/mol. The summed E-state index contributed by atoms with van der Waals surface area (Å²) in [5.74, 6) is -0.291. The Hall–Kier alpha value is -2.64. The van der Waals surface area contributed by atoms with E-state index < -0.39 is 0 Å². The number of hydrogen-bond acceptors (Lipinski definition) is 5. The molecule has 0 N–H and O–H groups in total. The first-order valence-corrected chi connectivity index (χ1v) is 8.72. The molecule has 0 spiro atoms. The number of likely N-dealkylation sites (tertiary alicyclic amines) is 1. The summed E-state index contributed by atoms with van der Waals surface area (Å²) in [4.78, 5) is 6.72. The second-order valence-electron chi connectivity index (χ2n) is 6.74. The lowest BCUT2D eigenvalue weighted by molar-refractivity contribution is -0.00496. The van der Waals surface area contributed by atoms with Crippen LogP contribution in [-0.2, 0) is 17.9 Å². The first-order valence-electron chi connectivity index (χ1n) is 8.72. The molecule has 0 bridgehead atoms. The van der Waals surface area contributed by atoms with Crippen LogP contribution < -0.4 is 0 Å². The smallest absolute Gasteiger partial charge is 0.132 e. The number of halogens is 1. The minimum atomic E-state index is -0.291. The zero-order valence-electron chi connectivity index (χ0n) is 14.1. The number of aromatic nitrogens is 4. The molecule has 2 atom stereocenters. The molecule has 0 amide bonds. The molecule has 2 aliphatic rings. The van der Waals surface area contributed by atoms with E-state index in [-0.39, 0.29) is 18.0 Å². The summed E-state index contributed by atoms with van der Waals surface area (Å²) in [6.07, 6.45) is 1.88. The molecule has 1 saturated heterocycles. The first-order chi connectivity index (χ1) is 12.8. The van der Waals surface area contributed by atoms with Gasteiger partial charge in [-0.3, -0.25) is 9.88 Å². The number of benzene rings is 1. The molecule has 0 saturated carbocycles. The molecular formula is C19H18FN5O. The number of hydrogen-bond donors (Lipinski definition) is 0. The molecule has 0 aliphatic carbocycles. The maximum Gasteiger partial charge on any atom is 0.132 e. The van der Waals surface area contributed by atoms with Crippen LogP contribution in [0, 0.1) is 5.82 Å². The van der Waals surface area contributed by atoms with E-state index in [9.17, 15) is 4.39 Å². The van der Waals surface area contributed by atoms with Crippen LogP contribution >= 0.6 is 0 Å². The molecule has 7 heteroatoms. The molecule has 1 fully saturated rings. The van der Waals surface area contributed by atoms with E-state index in [1.54, 1.807) is 18.2 Å². The van der Waals surface area contributed by atoms with E-state index in [0.717, 1.165) is 31.0 Å². The number of rotatable bonds is 3. The lowest BCUT2D eigenvalue weighted by Gasteiger charge is -2.26. The molecule has 6 nitrogen and oxygen atoms in total. The lowest BCUT2D eigenvalue weighted by Crippen LogP contribution is -2.32. The second-order valence-corrected chi connectivity index (χ2v) is 6.74. The van der Waals surface area contributed by atoms with Crippen molar-refractivity contribution in [2.45, 2.75) is 25.3 Å². The van der Waals surface area contributed by atoms with Crippen molar-refractivity contribution >= 4 is 0 Å². The Morgan fingerprint density at radius 3 is 2.85 bits per heavy atom. The Kier molecular flexibility index (Phi) is 3.76. The van der Waals surface area contributed by atoms with Crippen molar-refractivity contribution in [3.8, 4) is 11.3 Å². The quantitative estimate of drug-likeness (QED) is 0.725. The molecular weight excluding hydrogens is 333 g/mol. The first kappa shape index (κ1) is 15.6. The second kappa shape index (κ2) is 6.26. The van der Waals surface area contributed by atoms with E-state index in [2.05, 4.69) is 20.2 Å². The summed E-state index contributed by atoms with van der Waals surface area (Å²) < 4.78 is 22.2. The summed E-state index contributed by atoms with van der Waals surface area (Å²) in [5, 5.41) is 8.60. The standard InChI is InChI=1S/C19H18FN5O/c20-15-7-2-1-6-14(15)19-17-12-26-18-11-24(9-13-5-3-4-8-21-13)10-16(18)25(17)23-22-19/h1-8,16,18H,9-12H2/t16-,18+/m0/s1. The highest BCUT2D eigenvalue weighted by molar-refractivity contribution is 5.62. The fraction of sp³-hybridized carbons (Fsp3) is 0.316. The van der Waals surface area contributed by atoms with Crippen molar-refractivity contribution in [3.63, 3.8) is 0 Å². The van der Waals surface area contributed by atoms with Crippen molar-refractivity contribution < 1.29 is 9.13 Å². The van der Waals surface area contributed by atoms with Gasteiger partial charge in [-0.05, 0) is 24.3 Å². The van der Waals surface area contributed by atoms with Crippen molar-refractivity contribution in [2.24, 2.45) is 0 Å². The van der Waals surface area contributed by atoms with Gasteiger partial charge in [0.15, 0.2) is 0 Å². The molecule has 0 radical (unpaired) electrons. The van der Waals surface area contributed by atoms with Crippen LogP contribution in [0.25, 0.3) is 11.3 Å². The van der Waals surface area contributed by atoms with Crippen molar-refractivity contribution in [3.05, 3.63) is 65.9 Å². The highest BCUT2D eigenvalue weighted by Gasteiger charge is 2.40. The van der Waals surface area contributed by atoms with Crippen molar-refractivity contribution in [2.75, 3.05) is 13.1 Å². The maximum atomic E-state index is 14.2. The number of fused-ring (bicyclic) bond motifs is 3. The summed E-state index contributed by atoms with van der Waals surface area (Å²) in [6.45, 7) is 2.82. The summed E-state index contributed by atoms with van der Waals surface area (Å²) in [6, 6.07) is 12.7. The molecule has 1 aromatic carbocycles. The Morgan fingerprint density at radius 1 is 1.12 bits per heavy atom. The van der Waals surface area contributed by atoms with Gasteiger partial charge in [0, 0.05) is 31.4 Å². The van der Waals surface area contributed by atoms with Crippen LogP contribution in [0.4, 0.5) is 4.39 Å². The highest BCUT2D eigenvalue weighted by atomic mass is 19.1. The SMILES string of the molecule is Fc1ccccc1-c1nnn2c1CO[C@@H]1CN(Cc3ccccn3)C[C@@H]12. The van der Waals surface area contributed by atoms with Gasteiger partial charge in [0.1, 0.15) is 11.5 Å². The summed E-state index contributed by atoms with van der Waals surface area (Å²) in [5.41, 5.74) is 2.93. The van der Waals surface area contributed by atoms with Gasteiger partial charge < -0.3 is 4.74 Å². The van der Waals surface area contributed by atoms with Gasteiger partial charge >= 0.3 is 0 Å². The third-order valence-corrected chi connectivity index (χ3v) is 5.09. The van der Waals surface area contributed by atoms with Gasteiger partial charge in [-0.15, -0.1) is 5.10 Å². The number of ether oxygens (including phenoxy) is 1. The molecule has 132 valence electrons. The van der Waals surface area contributed by atoms with Crippen molar-refractivity contribution in [1.82, 2.24) is 24.9 Å². The third-order valence-electron chi connectivity index (χ3n) is 5.09. The van der Waals surface area contributed by atoms with Gasteiger partial charge in [0.2, 0.25) is 0 Å². The number of nitrogens with zero attached hydrogens (tertiary/aromatic N) is 5. The zero-order chi connectivity index (χ0) is 17.5. The van der Waals surface area contributed by atoms with Crippen molar-refractivity contribution in [1.29, 1.82) is 0 Å². The van der Waals surface area contributed by atoms with Crippen LogP contribution in [0.3, 0.4) is 0 Å². The third kappa shape index (κ3) is 2.60. The molecule has 4 heterocycles. The van der Waals surface area contributed by atoms with Gasteiger partial charge in [0.25, 0.3) is 0 Å². The summed E-state index contributed by atoms with van der Waals surface area (Å²) >= 11 is 0. The normalized spacial score (nSPS) is 22.2. The Balaban J connectivity index is 1.41. The monoisotopic (exact) mass is 351 g/mol. The fourth-order valence-electron chi connectivity index (χ4n) is 3.84. The van der Waals surface area contributed by atoms with Crippen LogP contribution in [-0.4, -0.2) is 44.1 Å². The van der Waals surface area contributed by atoms with Gasteiger partial charge in [-0.25, -0.2) is 9.07 Å². The van der Waals surface area contributed by atoms with Gasteiger partial charge in [0.05, 0.1) is 30.1 Å². The highest BCUT2D eigenvalue weighted by Crippen LogP contribution is 2.35. The van der Waals surface area contributed by atoms with E-state index in [4.69, 9.17) is 4.74 Å². The van der Waals surface area contributed by atoms with E-state index in [1.807, 2.05) is 29.1 Å². The molecule has 3 aromatic rings. The van der Waals surface area contributed by atoms with Gasteiger partial charge in [-0.1, -0.05) is 23.4 Å². The van der Waals surface area contributed by atoms with Gasteiger partial charge in [-0.2, -0.15) is 0 Å². The van der Waals surface area contributed by atoms with E-state index in [0.29, 0.717) is 17.9 Å². The predicted molar refractivity (Wildman–Crippen MR) is 92.5 cm³/mol. The molecule has 26 heavy (non-hydrogen) atoms. The lowest BCUT2D eigenvalue weighted by atomic mass is 10.1. The molecule has 0 unspecified atom stereocenters. The fourth-order valence-corrected chi connectivity index (χ4v) is 3.84. The van der Waals surface area contributed by atoms with E-state index in [1.165, 1.54) is 6.07 Å². The molecule has 2 aliphatic heterocycles. The Bertz CT molecular complexity index is 929. The minimum Gasteiger partial charge on any atom is -0.368 e. The Morgan fingerprint density at radius 2 is 2.00 bits per heavy atom. The zero-order valence-corrected chi connectivity index (χ0v) is 14.1. The topological polar surface area (TPSA) is 56.1 Å². The Labute approximate surface area is 150 Å². The van der Waals surface area contributed by atoms with Crippen LogP contribution in [0.2, 0.25) is 0 Å². The van der Waals surface area contributed by atoms with Crippen LogP contribution in [0.1, 0.15) is 17.4 Å². The largest absolute Gasteiger partial charge is 0.368 e. The summed E-state index contributed by atoms with van der Waals surface area (Å²) in [7, 11) is 0. The molecule has 2 aromatic heterocycles. The van der Waals surface area contributed by atoms with Crippen LogP contribution in [0.5, 0.6) is 0 Å². The maximum absolute atomic E-state index is 14.2. The minimum absolute atomic E-state index is 0.0707. The molecule has 5 rings (SSSR count). The predicted octanol–water partition coefficient (Wildman–Crippen LogP) is 2.43. The van der Waals surface area contributed by atoms with E-state index >= 15 is 0 Å². The average Bonchev–Trinajstić information content (AvgIpc) is 3.26. The number of pyridine rings is 1.